The van der Waals surface area contributed by atoms with Crippen molar-refractivity contribution < 1.29 is 9.47 Å². The molecule has 0 aliphatic heterocycles. The van der Waals surface area contributed by atoms with Crippen molar-refractivity contribution in [3.05, 3.63) is 0 Å². The SMILES string of the molecule is CCCNc1nc(NCC(C)(C)OC)nc(OCC)n1. The third kappa shape index (κ3) is 5.56. The first-order chi connectivity index (χ1) is 9.50. The number of hydrogen-bond donors (Lipinski definition) is 2. The van der Waals surface area contributed by atoms with Gasteiger partial charge in [-0.3, -0.25) is 0 Å². The summed E-state index contributed by atoms with van der Waals surface area (Å²) in [5, 5.41) is 6.28. The molecule has 0 amide bonds. The van der Waals surface area contributed by atoms with Gasteiger partial charge in [0.15, 0.2) is 0 Å². The molecule has 1 aromatic rings. The Morgan fingerprint density at radius 3 is 2.25 bits per heavy atom. The van der Waals surface area contributed by atoms with E-state index in [0.717, 1.165) is 13.0 Å². The molecular weight excluding hydrogens is 258 g/mol. The van der Waals surface area contributed by atoms with Crippen molar-refractivity contribution in [2.45, 2.75) is 39.7 Å². The first-order valence-corrected chi connectivity index (χ1v) is 6.92. The van der Waals surface area contributed by atoms with Crippen LogP contribution in [0, 0.1) is 0 Å². The normalized spacial score (nSPS) is 11.2. The van der Waals surface area contributed by atoms with E-state index < -0.39 is 0 Å². The highest BCUT2D eigenvalue weighted by molar-refractivity contribution is 5.36. The third-order valence-corrected chi connectivity index (χ3v) is 2.65. The molecule has 0 saturated heterocycles. The zero-order valence-corrected chi connectivity index (χ0v) is 13.0. The lowest BCUT2D eigenvalue weighted by molar-refractivity contribution is 0.0342. The maximum absolute atomic E-state index is 5.35. The predicted octanol–water partition coefficient (Wildman–Crippen LogP) is 1.93. The summed E-state index contributed by atoms with van der Waals surface area (Å²) in [5.74, 6) is 0.996. The number of nitrogens with zero attached hydrogens (tertiary/aromatic N) is 3. The second-order valence-electron chi connectivity index (χ2n) is 4.94. The predicted molar refractivity (Wildman–Crippen MR) is 79.4 cm³/mol. The molecule has 20 heavy (non-hydrogen) atoms. The van der Waals surface area contributed by atoms with Crippen molar-refractivity contribution >= 4 is 11.9 Å². The molecule has 0 saturated carbocycles. The Bertz CT molecular complexity index is 412. The van der Waals surface area contributed by atoms with Gasteiger partial charge in [0.05, 0.1) is 12.2 Å². The Balaban J connectivity index is 2.79. The van der Waals surface area contributed by atoms with Crippen LogP contribution in [0.3, 0.4) is 0 Å². The Hall–Kier alpha value is -1.63. The summed E-state index contributed by atoms with van der Waals surface area (Å²) in [6.45, 7) is 9.86. The monoisotopic (exact) mass is 283 g/mol. The summed E-state index contributed by atoms with van der Waals surface area (Å²) in [6, 6.07) is 0.318. The van der Waals surface area contributed by atoms with E-state index in [-0.39, 0.29) is 5.60 Å². The van der Waals surface area contributed by atoms with Gasteiger partial charge in [-0.1, -0.05) is 6.92 Å². The molecule has 0 bridgehead atoms. The number of rotatable bonds is 9. The molecule has 2 N–H and O–H groups in total. The smallest absolute Gasteiger partial charge is 0.323 e. The number of methoxy groups -OCH3 is 1. The average Bonchev–Trinajstić information content (AvgIpc) is 2.43. The quantitative estimate of drug-likeness (QED) is 0.716. The first kappa shape index (κ1) is 16.4. The van der Waals surface area contributed by atoms with E-state index in [9.17, 15) is 0 Å². The van der Waals surface area contributed by atoms with Gasteiger partial charge in [-0.15, -0.1) is 0 Å². The van der Waals surface area contributed by atoms with Gasteiger partial charge in [-0.2, -0.15) is 15.0 Å². The lowest BCUT2D eigenvalue weighted by Gasteiger charge is -2.23. The summed E-state index contributed by atoms with van der Waals surface area (Å²) >= 11 is 0. The standard InChI is InChI=1S/C13H25N5O2/c1-6-8-14-10-16-11(15-9-13(3,4)19-5)18-12(17-10)20-7-2/h6-9H2,1-5H3,(H2,14,15,16,17,18). The van der Waals surface area contributed by atoms with E-state index in [1.807, 2.05) is 20.8 Å². The minimum atomic E-state index is -0.296. The fourth-order valence-electron chi connectivity index (χ4n) is 1.31. The van der Waals surface area contributed by atoms with E-state index in [2.05, 4.69) is 32.5 Å². The molecule has 114 valence electrons. The van der Waals surface area contributed by atoms with Crippen LogP contribution in [0.4, 0.5) is 11.9 Å². The highest BCUT2D eigenvalue weighted by atomic mass is 16.5. The molecule has 0 aliphatic rings. The highest BCUT2D eigenvalue weighted by Gasteiger charge is 2.17. The van der Waals surface area contributed by atoms with Gasteiger partial charge in [-0.25, -0.2) is 0 Å². The lowest BCUT2D eigenvalue weighted by Crippen LogP contribution is -2.32. The first-order valence-electron chi connectivity index (χ1n) is 6.92. The fraction of sp³-hybridized carbons (Fsp3) is 0.769. The van der Waals surface area contributed by atoms with Crippen LogP contribution >= 0.6 is 0 Å². The van der Waals surface area contributed by atoms with Crippen LogP contribution in [-0.4, -0.2) is 47.4 Å². The molecule has 0 atom stereocenters. The molecule has 7 heteroatoms. The second kappa shape index (κ2) is 7.84. The van der Waals surface area contributed by atoms with E-state index in [4.69, 9.17) is 9.47 Å². The number of hydrogen-bond acceptors (Lipinski definition) is 7. The van der Waals surface area contributed by atoms with Gasteiger partial charge >= 0.3 is 6.01 Å². The second-order valence-corrected chi connectivity index (χ2v) is 4.94. The maximum Gasteiger partial charge on any atom is 0.323 e. The largest absolute Gasteiger partial charge is 0.464 e. The van der Waals surface area contributed by atoms with Crippen LogP contribution in [-0.2, 0) is 4.74 Å². The molecule has 1 rings (SSSR count). The number of nitrogens with one attached hydrogen (secondary N) is 2. The van der Waals surface area contributed by atoms with Crippen molar-refractivity contribution in [2.24, 2.45) is 0 Å². The lowest BCUT2D eigenvalue weighted by atomic mass is 10.1. The maximum atomic E-state index is 5.35. The van der Waals surface area contributed by atoms with Crippen LogP contribution in [0.1, 0.15) is 34.1 Å². The molecule has 7 nitrogen and oxygen atoms in total. The van der Waals surface area contributed by atoms with Crippen LogP contribution in [0.5, 0.6) is 6.01 Å². The van der Waals surface area contributed by atoms with Crippen molar-refractivity contribution in [1.82, 2.24) is 15.0 Å². The van der Waals surface area contributed by atoms with Crippen LogP contribution < -0.4 is 15.4 Å². The number of anilines is 2. The van der Waals surface area contributed by atoms with Gasteiger partial charge in [-0.05, 0) is 27.2 Å². The van der Waals surface area contributed by atoms with E-state index in [1.54, 1.807) is 7.11 Å². The van der Waals surface area contributed by atoms with E-state index in [0.29, 0.717) is 31.1 Å². The minimum Gasteiger partial charge on any atom is -0.464 e. The Morgan fingerprint density at radius 1 is 1.05 bits per heavy atom. The molecule has 0 aromatic carbocycles. The van der Waals surface area contributed by atoms with Gasteiger partial charge in [0, 0.05) is 20.2 Å². The molecular formula is C13H25N5O2. The van der Waals surface area contributed by atoms with Crippen LogP contribution in [0.15, 0.2) is 0 Å². The molecule has 0 unspecified atom stereocenters. The number of ether oxygens (including phenoxy) is 2. The summed E-state index contributed by atoms with van der Waals surface area (Å²) in [5.41, 5.74) is -0.296. The minimum absolute atomic E-state index is 0.296. The Morgan fingerprint density at radius 2 is 1.70 bits per heavy atom. The summed E-state index contributed by atoms with van der Waals surface area (Å²) in [7, 11) is 1.68. The Labute approximate surface area is 120 Å². The van der Waals surface area contributed by atoms with Crippen molar-refractivity contribution in [1.29, 1.82) is 0 Å². The zero-order valence-electron chi connectivity index (χ0n) is 13.0. The van der Waals surface area contributed by atoms with Crippen molar-refractivity contribution in [3.63, 3.8) is 0 Å². The topological polar surface area (TPSA) is 81.2 Å². The van der Waals surface area contributed by atoms with Gasteiger partial charge in [0.25, 0.3) is 0 Å². The van der Waals surface area contributed by atoms with E-state index >= 15 is 0 Å². The molecule has 0 radical (unpaired) electrons. The fourth-order valence-corrected chi connectivity index (χ4v) is 1.31. The molecule has 1 heterocycles. The summed E-state index contributed by atoms with van der Waals surface area (Å²) < 4.78 is 10.7. The molecule has 1 aromatic heterocycles. The van der Waals surface area contributed by atoms with Crippen LogP contribution in [0.2, 0.25) is 0 Å². The molecule has 0 fully saturated rings. The average molecular weight is 283 g/mol. The molecule has 0 spiro atoms. The van der Waals surface area contributed by atoms with E-state index in [1.165, 1.54) is 0 Å². The van der Waals surface area contributed by atoms with Crippen molar-refractivity contribution in [2.75, 3.05) is 37.4 Å². The van der Waals surface area contributed by atoms with Crippen LogP contribution in [0.25, 0.3) is 0 Å². The summed E-state index contributed by atoms with van der Waals surface area (Å²) in [6.07, 6.45) is 0.995. The zero-order chi connectivity index (χ0) is 15.0. The van der Waals surface area contributed by atoms with Gasteiger partial charge in [0.1, 0.15) is 0 Å². The van der Waals surface area contributed by atoms with Gasteiger partial charge in [0.2, 0.25) is 11.9 Å². The third-order valence-electron chi connectivity index (χ3n) is 2.65. The Kier molecular flexibility index (Phi) is 6.44. The molecule has 0 aliphatic carbocycles. The van der Waals surface area contributed by atoms with Gasteiger partial charge < -0.3 is 20.1 Å². The van der Waals surface area contributed by atoms with Crippen molar-refractivity contribution in [3.8, 4) is 6.01 Å². The highest BCUT2D eigenvalue weighted by Crippen LogP contribution is 2.13. The summed E-state index contributed by atoms with van der Waals surface area (Å²) in [4.78, 5) is 12.7. The number of aromatic nitrogens is 3.